The van der Waals surface area contributed by atoms with Gasteiger partial charge in [-0.3, -0.25) is 0 Å². The molecular formula is C11H9ClF5NO3. The van der Waals surface area contributed by atoms with E-state index in [4.69, 9.17) is 11.6 Å². The zero-order valence-electron chi connectivity index (χ0n) is 10.5. The fraction of sp³-hybridized carbons (Fsp3) is 0.455. The monoisotopic (exact) mass is 333 g/mol. The second-order valence-corrected chi connectivity index (χ2v) is 3.83. The largest absolute Gasteiger partial charge is 0.573 e. The van der Waals surface area contributed by atoms with Crippen molar-refractivity contribution in [2.24, 2.45) is 0 Å². The van der Waals surface area contributed by atoms with Gasteiger partial charge in [0, 0.05) is 5.56 Å². The quantitative estimate of drug-likeness (QED) is 0.467. The number of aromatic nitrogens is 1. The van der Waals surface area contributed by atoms with Crippen LogP contribution in [0.2, 0.25) is 0 Å². The molecule has 0 unspecified atom stereocenters. The molecule has 118 valence electrons. The molecule has 1 aromatic rings. The average Bonchev–Trinajstić information content (AvgIpc) is 2.36. The number of ether oxygens (including phenoxy) is 2. The molecule has 0 atom stereocenters. The van der Waals surface area contributed by atoms with Gasteiger partial charge in [-0.2, -0.15) is 0 Å². The second kappa shape index (κ2) is 6.88. The third-order valence-corrected chi connectivity index (χ3v) is 2.50. The first-order chi connectivity index (χ1) is 9.71. The van der Waals surface area contributed by atoms with Gasteiger partial charge in [-0.1, -0.05) is 0 Å². The van der Waals surface area contributed by atoms with Crippen LogP contribution in [0.25, 0.3) is 0 Å². The Labute approximate surface area is 120 Å². The molecule has 0 aliphatic heterocycles. The van der Waals surface area contributed by atoms with Gasteiger partial charge in [0.2, 0.25) is 0 Å². The highest BCUT2D eigenvalue weighted by molar-refractivity contribution is 6.17. The number of carbonyl (C=O) groups excluding carboxylic acids is 1. The summed E-state index contributed by atoms with van der Waals surface area (Å²) in [7, 11) is 0. The van der Waals surface area contributed by atoms with Gasteiger partial charge in [0.1, 0.15) is 0 Å². The number of carbonyl (C=O) groups is 1. The van der Waals surface area contributed by atoms with Crippen molar-refractivity contribution in [3.8, 4) is 5.75 Å². The lowest BCUT2D eigenvalue weighted by Gasteiger charge is -2.16. The second-order valence-electron chi connectivity index (χ2n) is 3.57. The number of pyridine rings is 1. The third-order valence-electron chi connectivity index (χ3n) is 2.23. The minimum Gasteiger partial charge on any atom is -0.461 e. The van der Waals surface area contributed by atoms with E-state index in [9.17, 15) is 26.7 Å². The summed E-state index contributed by atoms with van der Waals surface area (Å²) in [6.45, 7) is 1.32. The van der Waals surface area contributed by atoms with Crippen molar-refractivity contribution in [1.82, 2.24) is 4.98 Å². The zero-order chi connectivity index (χ0) is 16.2. The van der Waals surface area contributed by atoms with Gasteiger partial charge in [-0.25, -0.2) is 18.6 Å². The van der Waals surface area contributed by atoms with Crippen LogP contribution in [0.3, 0.4) is 0 Å². The first-order valence-corrected chi connectivity index (χ1v) is 6.03. The van der Waals surface area contributed by atoms with Crippen LogP contribution in [-0.4, -0.2) is 23.9 Å². The molecule has 0 saturated heterocycles. The molecule has 0 radical (unpaired) electrons. The van der Waals surface area contributed by atoms with Gasteiger partial charge < -0.3 is 9.47 Å². The SMILES string of the molecule is CCOC(=O)c1ncc(OC(F)(F)F)c(CCl)c1C(F)F. The summed E-state index contributed by atoms with van der Waals surface area (Å²) in [5.41, 5.74) is -2.50. The van der Waals surface area contributed by atoms with Crippen molar-refractivity contribution in [3.05, 3.63) is 23.0 Å². The summed E-state index contributed by atoms with van der Waals surface area (Å²) >= 11 is 5.40. The van der Waals surface area contributed by atoms with Crippen LogP contribution in [0.1, 0.15) is 35.0 Å². The summed E-state index contributed by atoms with van der Waals surface area (Å²) in [4.78, 5) is 14.8. The summed E-state index contributed by atoms with van der Waals surface area (Å²) in [6, 6.07) is 0. The molecule has 1 rings (SSSR count). The van der Waals surface area contributed by atoms with Crippen molar-refractivity contribution in [3.63, 3.8) is 0 Å². The molecule has 4 nitrogen and oxygen atoms in total. The highest BCUT2D eigenvalue weighted by atomic mass is 35.5. The fourth-order valence-electron chi connectivity index (χ4n) is 1.49. The maximum Gasteiger partial charge on any atom is 0.573 e. The molecule has 0 spiro atoms. The lowest BCUT2D eigenvalue weighted by molar-refractivity contribution is -0.275. The molecule has 0 saturated carbocycles. The van der Waals surface area contributed by atoms with E-state index in [2.05, 4.69) is 14.5 Å². The van der Waals surface area contributed by atoms with E-state index in [1.54, 1.807) is 0 Å². The highest BCUT2D eigenvalue weighted by Gasteiger charge is 2.35. The Bertz CT molecular complexity index is 521. The molecule has 21 heavy (non-hydrogen) atoms. The van der Waals surface area contributed by atoms with Gasteiger partial charge in [0.25, 0.3) is 6.43 Å². The summed E-state index contributed by atoms with van der Waals surface area (Å²) in [5, 5.41) is 0. The lowest BCUT2D eigenvalue weighted by atomic mass is 10.1. The number of hydrogen-bond acceptors (Lipinski definition) is 4. The molecular weight excluding hydrogens is 325 g/mol. The smallest absolute Gasteiger partial charge is 0.461 e. The predicted octanol–water partition coefficient (Wildman–Crippen LogP) is 3.83. The molecule has 0 aromatic carbocycles. The minimum atomic E-state index is -5.10. The molecule has 0 amide bonds. The summed E-state index contributed by atoms with van der Waals surface area (Å²) < 4.78 is 70.8. The Morgan fingerprint density at radius 3 is 2.48 bits per heavy atom. The summed E-state index contributed by atoms with van der Waals surface area (Å²) in [5.74, 6) is -2.89. The minimum absolute atomic E-state index is 0.111. The standard InChI is InChI=1S/C11H9ClF5NO3/c1-2-20-10(19)8-7(9(13)14)5(3-12)6(4-18-8)21-11(15,16)17/h4,9H,2-3H2,1H3. The van der Waals surface area contributed by atoms with E-state index in [-0.39, 0.29) is 6.61 Å². The van der Waals surface area contributed by atoms with E-state index in [1.165, 1.54) is 6.92 Å². The number of hydrogen-bond donors (Lipinski definition) is 0. The Morgan fingerprint density at radius 1 is 1.43 bits per heavy atom. The molecule has 1 heterocycles. The van der Waals surface area contributed by atoms with E-state index in [1.807, 2.05) is 0 Å². The van der Waals surface area contributed by atoms with Gasteiger partial charge in [0.05, 0.1) is 24.2 Å². The molecule has 0 bridgehead atoms. The van der Waals surface area contributed by atoms with Crippen LogP contribution in [0, 0.1) is 0 Å². The molecule has 10 heteroatoms. The van der Waals surface area contributed by atoms with Crippen molar-refractivity contribution in [1.29, 1.82) is 0 Å². The zero-order valence-corrected chi connectivity index (χ0v) is 11.3. The van der Waals surface area contributed by atoms with Gasteiger partial charge in [0.15, 0.2) is 11.4 Å². The molecule has 0 fully saturated rings. The maximum atomic E-state index is 13.0. The number of nitrogens with zero attached hydrogens (tertiary/aromatic N) is 1. The van der Waals surface area contributed by atoms with E-state index in [0.717, 1.165) is 0 Å². The number of esters is 1. The third kappa shape index (κ3) is 4.42. The number of alkyl halides is 6. The van der Waals surface area contributed by atoms with Crippen molar-refractivity contribution < 1.29 is 36.2 Å². The topological polar surface area (TPSA) is 48.4 Å². The van der Waals surface area contributed by atoms with E-state index < -0.39 is 47.2 Å². The average molecular weight is 334 g/mol. The predicted molar refractivity (Wildman–Crippen MR) is 61.4 cm³/mol. The Kier molecular flexibility index (Phi) is 5.70. The van der Waals surface area contributed by atoms with Crippen LogP contribution >= 0.6 is 11.6 Å². The van der Waals surface area contributed by atoms with Crippen LogP contribution < -0.4 is 4.74 Å². The van der Waals surface area contributed by atoms with Gasteiger partial charge in [-0.15, -0.1) is 24.8 Å². The number of rotatable bonds is 5. The normalized spacial score (nSPS) is 11.6. The molecule has 0 aliphatic carbocycles. The maximum absolute atomic E-state index is 13.0. The lowest BCUT2D eigenvalue weighted by Crippen LogP contribution is -2.20. The first-order valence-electron chi connectivity index (χ1n) is 5.50. The van der Waals surface area contributed by atoms with E-state index in [0.29, 0.717) is 6.20 Å². The Balaban J connectivity index is 3.41. The van der Waals surface area contributed by atoms with Crippen LogP contribution in [0.15, 0.2) is 6.20 Å². The summed E-state index contributed by atoms with van der Waals surface area (Å²) in [6.07, 6.45) is -7.88. The van der Waals surface area contributed by atoms with Crippen molar-refractivity contribution >= 4 is 17.6 Å². The Morgan fingerprint density at radius 2 is 2.05 bits per heavy atom. The van der Waals surface area contributed by atoms with Crippen LogP contribution in [0.4, 0.5) is 22.0 Å². The first kappa shape index (κ1) is 17.4. The van der Waals surface area contributed by atoms with Gasteiger partial charge >= 0.3 is 12.3 Å². The molecule has 0 aliphatic rings. The van der Waals surface area contributed by atoms with E-state index >= 15 is 0 Å². The van der Waals surface area contributed by atoms with Gasteiger partial charge in [-0.05, 0) is 6.92 Å². The van der Waals surface area contributed by atoms with Crippen LogP contribution in [0.5, 0.6) is 5.75 Å². The highest BCUT2D eigenvalue weighted by Crippen LogP contribution is 2.35. The molecule has 0 N–H and O–H groups in total. The van der Waals surface area contributed by atoms with Crippen molar-refractivity contribution in [2.45, 2.75) is 25.6 Å². The van der Waals surface area contributed by atoms with Crippen LogP contribution in [-0.2, 0) is 10.6 Å². The number of halogens is 6. The molecule has 1 aromatic heterocycles. The Hall–Kier alpha value is -1.64. The van der Waals surface area contributed by atoms with Crippen molar-refractivity contribution in [2.75, 3.05) is 6.61 Å². The fourth-order valence-corrected chi connectivity index (χ4v) is 1.77.